The molecule has 3 heteroatoms. The number of hydrogen-bond acceptors (Lipinski definition) is 1. The molecule has 3 nitrogen and oxygen atoms in total. The number of nitrogens with one attached hydrogen (secondary N) is 2. The van der Waals surface area contributed by atoms with Crippen LogP contribution in [0.3, 0.4) is 0 Å². The van der Waals surface area contributed by atoms with Gasteiger partial charge in [-0.3, -0.25) is 0 Å². The molecular formula is C5H10N2O. The number of carbonyl (C=O) groups excluding carboxylic acids is 1. The highest BCUT2D eigenvalue weighted by Crippen LogP contribution is 1.62. The van der Waals surface area contributed by atoms with Gasteiger partial charge in [-0.05, 0) is 6.92 Å². The van der Waals surface area contributed by atoms with Gasteiger partial charge in [0.2, 0.25) is 0 Å². The van der Waals surface area contributed by atoms with Crippen LogP contribution in [0.2, 0.25) is 0 Å². The molecule has 0 atom stereocenters. The van der Waals surface area contributed by atoms with E-state index in [4.69, 9.17) is 0 Å². The van der Waals surface area contributed by atoms with Crippen LogP contribution in [0.1, 0.15) is 6.92 Å². The monoisotopic (exact) mass is 114 g/mol. The highest BCUT2D eigenvalue weighted by atomic mass is 16.2. The van der Waals surface area contributed by atoms with E-state index in [0.29, 0.717) is 0 Å². The molecule has 2 amide bonds. The molecule has 0 aliphatic carbocycles. The van der Waals surface area contributed by atoms with Gasteiger partial charge >= 0.3 is 6.03 Å². The van der Waals surface area contributed by atoms with Gasteiger partial charge in [0, 0.05) is 13.2 Å². The summed E-state index contributed by atoms with van der Waals surface area (Å²) < 4.78 is 0. The summed E-state index contributed by atoms with van der Waals surface area (Å²) in [6.07, 6.45) is 3.31. The van der Waals surface area contributed by atoms with Crippen LogP contribution in [-0.4, -0.2) is 13.1 Å². The van der Waals surface area contributed by atoms with Gasteiger partial charge in [-0.1, -0.05) is 6.08 Å². The molecule has 0 spiro atoms. The van der Waals surface area contributed by atoms with Crippen molar-refractivity contribution in [3.63, 3.8) is 0 Å². The second-order valence-corrected chi connectivity index (χ2v) is 1.22. The lowest BCUT2D eigenvalue weighted by atomic mass is 10.7. The Kier molecular flexibility index (Phi) is 3.66. The zero-order valence-corrected chi connectivity index (χ0v) is 5.06. The Morgan fingerprint density at radius 3 is 2.62 bits per heavy atom. The quantitative estimate of drug-likeness (QED) is 0.510. The van der Waals surface area contributed by atoms with Crippen molar-refractivity contribution in [1.29, 1.82) is 0 Å². The molecular weight excluding hydrogens is 104 g/mol. The van der Waals surface area contributed by atoms with Crippen molar-refractivity contribution in [2.75, 3.05) is 7.05 Å². The number of urea groups is 1. The summed E-state index contributed by atoms with van der Waals surface area (Å²) in [6.45, 7) is 1.83. The van der Waals surface area contributed by atoms with E-state index in [0.717, 1.165) is 0 Å². The Labute approximate surface area is 48.8 Å². The molecule has 8 heavy (non-hydrogen) atoms. The molecule has 0 aliphatic rings. The van der Waals surface area contributed by atoms with E-state index in [1.807, 2.05) is 6.92 Å². The van der Waals surface area contributed by atoms with Crippen LogP contribution < -0.4 is 10.6 Å². The molecule has 0 aromatic rings. The SMILES string of the molecule is CC=CNC(=O)NC. The van der Waals surface area contributed by atoms with E-state index in [1.165, 1.54) is 0 Å². The second kappa shape index (κ2) is 4.18. The van der Waals surface area contributed by atoms with E-state index in [9.17, 15) is 4.79 Å². The average molecular weight is 114 g/mol. The first-order valence-electron chi connectivity index (χ1n) is 2.40. The Morgan fingerprint density at radius 2 is 2.25 bits per heavy atom. The fourth-order valence-corrected chi connectivity index (χ4v) is 0.231. The molecule has 0 saturated heterocycles. The molecule has 0 radical (unpaired) electrons. The predicted octanol–water partition coefficient (Wildman–Crippen LogP) is 0.449. The van der Waals surface area contributed by atoms with Crippen LogP contribution >= 0.6 is 0 Å². The van der Waals surface area contributed by atoms with Crippen molar-refractivity contribution >= 4 is 6.03 Å². The van der Waals surface area contributed by atoms with E-state index in [1.54, 1.807) is 19.3 Å². The van der Waals surface area contributed by atoms with E-state index in [-0.39, 0.29) is 6.03 Å². The van der Waals surface area contributed by atoms with Gasteiger partial charge in [-0.2, -0.15) is 0 Å². The molecule has 0 heterocycles. The van der Waals surface area contributed by atoms with Crippen molar-refractivity contribution in [1.82, 2.24) is 10.6 Å². The van der Waals surface area contributed by atoms with Gasteiger partial charge in [-0.25, -0.2) is 4.79 Å². The molecule has 0 rings (SSSR count). The smallest absolute Gasteiger partial charge is 0.318 e. The Morgan fingerprint density at radius 1 is 1.62 bits per heavy atom. The minimum atomic E-state index is -0.192. The Balaban J connectivity index is 3.25. The van der Waals surface area contributed by atoms with Gasteiger partial charge in [0.15, 0.2) is 0 Å². The number of allylic oxidation sites excluding steroid dienone is 1. The van der Waals surface area contributed by atoms with Crippen molar-refractivity contribution < 1.29 is 4.79 Å². The topological polar surface area (TPSA) is 41.1 Å². The van der Waals surface area contributed by atoms with Gasteiger partial charge in [0.1, 0.15) is 0 Å². The largest absolute Gasteiger partial charge is 0.341 e. The van der Waals surface area contributed by atoms with E-state index < -0.39 is 0 Å². The maximum absolute atomic E-state index is 10.3. The Hall–Kier alpha value is -0.990. The number of hydrogen-bond donors (Lipinski definition) is 2. The normalized spacial score (nSPS) is 9.25. The summed E-state index contributed by atoms with van der Waals surface area (Å²) >= 11 is 0. The van der Waals surface area contributed by atoms with Crippen LogP contribution in [-0.2, 0) is 0 Å². The van der Waals surface area contributed by atoms with Crippen LogP contribution in [0, 0.1) is 0 Å². The van der Waals surface area contributed by atoms with Gasteiger partial charge in [0.25, 0.3) is 0 Å². The fraction of sp³-hybridized carbons (Fsp3) is 0.400. The third-order valence-corrected chi connectivity index (χ3v) is 0.608. The van der Waals surface area contributed by atoms with Crippen molar-refractivity contribution in [3.05, 3.63) is 12.3 Å². The maximum Gasteiger partial charge on any atom is 0.318 e. The first kappa shape index (κ1) is 7.01. The predicted molar refractivity (Wildman–Crippen MR) is 32.4 cm³/mol. The van der Waals surface area contributed by atoms with Crippen LogP contribution in [0.4, 0.5) is 4.79 Å². The molecule has 0 bridgehead atoms. The summed E-state index contributed by atoms with van der Waals surface area (Å²) in [5.74, 6) is 0. The maximum atomic E-state index is 10.3. The molecule has 0 unspecified atom stereocenters. The first-order chi connectivity index (χ1) is 3.81. The van der Waals surface area contributed by atoms with Crippen LogP contribution in [0.5, 0.6) is 0 Å². The first-order valence-corrected chi connectivity index (χ1v) is 2.40. The number of rotatable bonds is 1. The average Bonchev–Trinajstić information content (AvgIpc) is 1.83. The number of carbonyl (C=O) groups is 1. The third-order valence-electron chi connectivity index (χ3n) is 0.608. The summed E-state index contributed by atoms with van der Waals surface area (Å²) in [7, 11) is 1.57. The highest BCUT2D eigenvalue weighted by Gasteiger charge is 1.85. The van der Waals surface area contributed by atoms with E-state index >= 15 is 0 Å². The zero-order valence-electron chi connectivity index (χ0n) is 5.06. The van der Waals surface area contributed by atoms with Crippen molar-refractivity contribution in [3.8, 4) is 0 Å². The summed E-state index contributed by atoms with van der Waals surface area (Å²) in [6, 6.07) is -0.192. The molecule has 0 aliphatic heterocycles. The summed E-state index contributed by atoms with van der Waals surface area (Å²) in [4.78, 5) is 10.3. The van der Waals surface area contributed by atoms with Crippen LogP contribution in [0.25, 0.3) is 0 Å². The number of amides is 2. The van der Waals surface area contributed by atoms with Crippen molar-refractivity contribution in [2.45, 2.75) is 6.92 Å². The molecule has 46 valence electrons. The Bertz CT molecular complexity index is 98.6. The highest BCUT2D eigenvalue weighted by molar-refractivity contribution is 5.74. The molecule has 0 saturated carbocycles. The van der Waals surface area contributed by atoms with Crippen LogP contribution in [0.15, 0.2) is 12.3 Å². The minimum absolute atomic E-state index is 0.192. The summed E-state index contributed by atoms with van der Waals surface area (Å²) in [5.41, 5.74) is 0. The lowest BCUT2D eigenvalue weighted by molar-refractivity contribution is 0.246. The van der Waals surface area contributed by atoms with Gasteiger partial charge < -0.3 is 10.6 Å². The standard InChI is InChI=1S/C5H10N2O/c1-3-4-7-5(8)6-2/h3-4H,1-2H3,(H2,6,7,8). The molecule has 2 N–H and O–H groups in total. The van der Waals surface area contributed by atoms with Gasteiger partial charge in [0.05, 0.1) is 0 Å². The molecule has 0 fully saturated rings. The summed E-state index contributed by atoms with van der Waals surface area (Å²) in [5, 5.41) is 4.85. The fourth-order valence-electron chi connectivity index (χ4n) is 0.231. The lowest BCUT2D eigenvalue weighted by Crippen LogP contribution is -2.28. The minimum Gasteiger partial charge on any atom is -0.341 e. The van der Waals surface area contributed by atoms with Gasteiger partial charge in [-0.15, -0.1) is 0 Å². The molecule has 0 aromatic carbocycles. The zero-order chi connectivity index (χ0) is 6.41. The second-order valence-electron chi connectivity index (χ2n) is 1.22. The van der Waals surface area contributed by atoms with E-state index in [2.05, 4.69) is 10.6 Å². The van der Waals surface area contributed by atoms with Crippen molar-refractivity contribution in [2.24, 2.45) is 0 Å². The molecule has 0 aromatic heterocycles. The third kappa shape index (κ3) is 3.21. The lowest BCUT2D eigenvalue weighted by Gasteiger charge is -1.93.